The van der Waals surface area contributed by atoms with E-state index in [1.54, 1.807) is 0 Å². The van der Waals surface area contributed by atoms with E-state index in [0.29, 0.717) is 12.0 Å². The van der Waals surface area contributed by atoms with E-state index in [1.165, 1.54) is 37.0 Å². The van der Waals surface area contributed by atoms with E-state index in [4.69, 9.17) is 10.5 Å². The summed E-state index contributed by atoms with van der Waals surface area (Å²) in [5.41, 5.74) is 6.65. The average molecular weight is 265 g/mol. The molecule has 1 spiro atoms. The Hall–Kier alpha value is -0.380. The molecule has 2 unspecified atom stereocenters. The Morgan fingerprint density at radius 3 is 3.00 bits per heavy atom. The molecule has 1 aromatic rings. The molecule has 3 heteroatoms. The molecule has 2 heterocycles. The van der Waals surface area contributed by atoms with Crippen molar-refractivity contribution < 1.29 is 4.74 Å². The van der Waals surface area contributed by atoms with E-state index < -0.39 is 0 Å². The number of nitrogens with two attached hydrogens (primary N) is 1. The third-order valence-electron chi connectivity index (χ3n) is 4.67. The molecule has 100 valence electrons. The summed E-state index contributed by atoms with van der Waals surface area (Å²) in [5.74, 6) is 0.652. The van der Waals surface area contributed by atoms with Gasteiger partial charge in [0.25, 0.3) is 0 Å². The molecular formula is C15H23NOS. The molecule has 2 N–H and O–H groups in total. The van der Waals surface area contributed by atoms with Gasteiger partial charge in [-0.1, -0.05) is 18.9 Å². The fourth-order valence-electron chi connectivity index (χ4n) is 3.63. The van der Waals surface area contributed by atoms with Gasteiger partial charge in [0, 0.05) is 17.5 Å². The maximum Gasteiger partial charge on any atom is 0.0685 e. The number of hydrogen-bond acceptors (Lipinski definition) is 3. The molecule has 3 rings (SSSR count). The van der Waals surface area contributed by atoms with E-state index in [2.05, 4.69) is 17.5 Å². The minimum atomic E-state index is 0.204. The Labute approximate surface area is 114 Å². The molecule has 18 heavy (non-hydrogen) atoms. The van der Waals surface area contributed by atoms with Crippen LogP contribution in [0.2, 0.25) is 0 Å². The van der Waals surface area contributed by atoms with E-state index in [-0.39, 0.29) is 5.60 Å². The molecule has 1 saturated carbocycles. The Morgan fingerprint density at radius 1 is 1.44 bits per heavy atom. The maximum atomic E-state index is 6.44. The first-order valence-electron chi connectivity index (χ1n) is 7.19. The molecule has 0 radical (unpaired) electrons. The summed E-state index contributed by atoms with van der Waals surface area (Å²) in [6.07, 6.45) is 8.58. The lowest BCUT2D eigenvalue weighted by Gasteiger charge is -2.40. The van der Waals surface area contributed by atoms with Gasteiger partial charge in [0.2, 0.25) is 0 Å². The number of ether oxygens (including phenoxy) is 1. The first-order chi connectivity index (χ1) is 8.77. The predicted octanol–water partition coefficient (Wildman–Crippen LogP) is 3.36. The lowest BCUT2D eigenvalue weighted by atomic mass is 9.80. The zero-order chi connectivity index (χ0) is 12.4. The predicted molar refractivity (Wildman–Crippen MR) is 75.9 cm³/mol. The molecule has 0 bridgehead atoms. The van der Waals surface area contributed by atoms with Crippen LogP contribution in [0, 0.1) is 5.92 Å². The van der Waals surface area contributed by atoms with Crippen molar-refractivity contribution in [2.45, 2.75) is 56.6 Å². The standard InChI is InChI=1S/C15H23NOS/c16-14(10-13-4-3-9-18-13)12-5-8-17-15(11-12)6-1-2-7-15/h3-4,9,12,14H,1-2,5-8,10-11,16H2. The normalized spacial score (nSPS) is 28.6. The highest BCUT2D eigenvalue weighted by Gasteiger charge is 2.41. The highest BCUT2D eigenvalue weighted by atomic mass is 32.1. The first-order valence-corrected chi connectivity index (χ1v) is 8.07. The van der Waals surface area contributed by atoms with Crippen molar-refractivity contribution >= 4 is 11.3 Å². The van der Waals surface area contributed by atoms with Gasteiger partial charge in [-0.25, -0.2) is 0 Å². The number of thiophene rings is 1. The van der Waals surface area contributed by atoms with Crippen molar-refractivity contribution in [3.05, 3.63) is 22.4 Å². The van der Waals surface area contributed by atoms with Crippen LogP contribution in [0.25, 0.3) is 0 Å². The van der Waals surface area contributed by atoms with Gasteiger partial charge >= 0.3 is 0 Å². The minimum absolute atomic E-state index is 0.204. The van der Waals surface area contributed by atoms with Gasteiger partial charge in [-0.2, -0.15) is 0 Å². The van der Waals surface area contributed by atoms with Crippen molar-refractivity contribution in [2.24, 2.45) is 11.7 Å². The summed E-state index contributed by atoms with van der Waals surface area (Å²) in [6.45, 7) is 0.919. The van der Waals surface area contributed by atoms with Crippen LogP contribution in [-0.4, -0.2) is 18.2 Å². The molecule has 0 aromatic carbocycles. The molecule has 0 amide bonds. The zero-order valence-electron chi connectivity index (χ0n) is 10.9. The van der Waals surface area contributed by atoms with Crippen molar-refractivity contribution in [3.63, 3.8) is 0 Å². The van der Waals surface area contributed by atoms with Gasteiger partial charge in [0.1, 0.15) is 0 Å². The summed E-state index contributed by atoms with van der Waals surface area (Å²) >= 11 is 1.83. The van der Waals surface area contributed by atoms with Gasteiger partial charge in [-0.05, 0) is 49.5 Å². The monoisotopic (exact) mass is 265 g/mol. The van der Waals surface area contributed by atoms with Gasteiger partial charge in [0.05, 0.1) is 5.60 Å². The van der Waals surface area contributed by atoms with Crippen LogP contribution in [0.5, 0.6) is 0 Å². The van der Waals surface area contributed by atoms with Crippen LogP contribution in [0.1, 0.15) is 43.4 Å². The molecule has 2 nitrogen and oxygen atoms in total. The highest BCUT2D eigenvalue weighted by Crippen LogP contribution is 2.42. The summed E-state index contributed by atoms with van der Waals surface area (Å²) in [4.78, 5) is 1.43. The SMILES string of the molecule is NC(Cc1cccs1)C1CCOC2(CCCC2)C1. The van der Waals surface area contributed by atoms with Crippen molar-refractivity contribution in [3.8, 4) is 0 Å². The lowest BCUT2D eigenvalue weighted by molar-refractivity contribution is -0.0960. The van der Waals surface area contributed by atoms with Gasteiger partial charge in [-0.15, -0.1) is 11.3 Å². The Morgan fingerprint density at radius 2 is 2.28 bits per heavy atom. The van der Waals surface area contributed by atoms with Crippen molar-refractivity contribution in [1.82, 2.24) is 0 Å². The lowest BCUT2D eigenvalue weighted by Crippen LogP contribution is -2.44. The quantitative estimate of drug-likeness (QED) is 0.909. The largest absolute Gasteiger partial charge is 0.375 e. The third-order valence-corrected chi connectivity index (χ3v) is 5.57. The smallest absolute Gasteiger partial charge is 0.0685 e. The van der Waals surface area contributed by atoms with Crippen LogP contribution in [0.4, 0.5) is 0 Å². The molecule has 2 aliphatic rings. The fourth-order valence-corrected chi connectivity index (χ4v) is 4.40. The van der Waals surface area contributed by atoms with E-state index in [1.807, 2.05) is 11.3 Å². The van der Waals surface area contributed by atoms with E-state index in [0.717, 1.165) is 19.4 Å². The minimum Gasteiger partial charge on any atom is -0.375 e. The van der Waals surface area contributed by atoms with E-state index in [9.17, 15) is 0 Å². The molecule has 1 aromatic heterocycles. The summed E-state index contributed by atoms with van der Waals surface area (Å²) in [6, 6.07) is 4.63. The zero-order valence-corrected chi connectivity index (χ0v) is 11.8. The Bertz CT molecular complexity index is 370. The molecule has 2 fully saturated rings. The van der Waals surface area contributed by atoms with Gasteiger partial charge in [-0.3, -0.25) is 0 Å². The van der Waals surface area contributed by atoms with Crippen LogP contribution in [0.3, 0.4) is 0 Å². The summed E-state index contributed by atoms with van der Waals surface area (Å²) < 4.78 is 6.09. The van der Waals surface area contributed by atoms with E-state index >= 15 is 0 Å². The number of rotatable bonds is 3. The average Bonchev–Trinajstić information content (AvgIpc) is 3.02. The first kappa shape index (κ1) is 12.6. The van der Waals surface area contributed by atoms with Gasteiger partial charge in [0.15, 0.2) is 0 Å². The van der Waals surface area contributed by atoms with Gasteiger partial charge < -0.3 is 10.5 Å². The topological polar surface area (TPSA) is 35.2 Å². The fraction of sp³-hybridized carbons (Fsp3) is 0.733. The second-order valence-electron chi connectivity index (χ2n) is 5.94. The van der Waals surface area contributed by atoms with Crippen LogP contribution in [-0.2, 0) is 11.2 Å². The molecule has 2 atom stereocenters. The molecule has 1 aliphatic carbocycles. The molecular weight excluding hydrogens is 242 g/mol. The van der Waals surface area contributed by atoms with Crippen molar-refractivity contribution in [2.75, 3.05) is 6.61 Å². The van der Waals surface area contributed by atoms with Crippen LogP contribution >= 0.6 is 11.3 Å². The second-order valence-corrected chi connectivity index (χ2v) is 6.97. The van der Waals surface area contributed by atoms with Crippen LogP contribution in [0.15, 0.2) is 17.5 Å². The highest BCUT2D eigenvalue weighted by molar-refractivity contribution is 7.09. The third kappa shape index (κ3) is 2.63. The molecule has 1 aliphatic heterocycles. The molecule has 1 saturated heterocycles. The van der Waals surface area contributed by atoms with Crippen molar-refractivity contribution in [1.29, 1.82) is 0 Å². The Kier molecular flexibility index (Phi) is 3.73. The number of hydrogen-bond donors (Lipinski definition) is 1. The second kappa shape index (κ2) is 5.32. The maximum absolute atomic E-state index is 6.44. The Balaban J connectivity index is 1.61. The summed E-state index contributed by atoms with van der Waals surface area (Å²) in [7, 11) is 0. The van der Waals surface area contributed by atoms with Crippen LogP contribution < -0.4 is 5.73 Å². The summed E-state index contributed by atoms with van der Waals surface area (Å²) in [5, 5.41) is 2.14.